The van der Waals surface area contributed by atoms with Crippen LogP contribution in [0.3, 0.4) is 0 Å². The highest BCUT2D eigenvalue weighted by Crippen LogP contribution is 2.23. The number of carbonyl (C=O) groups excluding carboxylic acids is 1. The molecule has 1 heterocycles. The lowest BCUT2D eigenvalue weighted by molar-refractivity contribution is -0.135. The van der Waals surface area contributed by atoms with Crippen LogP contribution < -0.4 is 5.43 Å². The van der Waals surface area contributed by atoms with E-state index in [0.29, 0.717) is 34.8 Å². The van der Waals surface area contributed by atoms with E-state index in [1.807, 2.05) is 29.3 Å². The van der Waals surface area contributed by atoms with Crippen LogP contribution in [0.15, 0.2) is 60.3 Å². The maximum atomic E-state index is 13.6. The summed E-state index contributed by atoms with van der Waals surface area (Å²) < 4.78 is 18.5. The molecule has 0 bridgehead atoms. The number of hydrogen-bond donors (Lipinski definition) is 1. The third kappa shape index (κ3) is 4.49. The second-order valence-corrected chi connectivity index (χ2v) is 6.65. The molecule has 1 N–H and O–H groups in total. The number of ether oxygens (including phenoxy) is 1. The minimum Gasteiger partial charge on any atom is -0.465 e. The summed E-state index contributed by atoms with van der Waals surface area (Å²) in [4.78, 5) is 12.1. The molecule has 1 aliphatic rings. The van der Waals surface area contributed by atoms with E-state index in [0.717, 1.165) is 11.1 Å². The zero-order valence-corrected chi connectivity index (χ0v) is 15.9. The molecule has 140 valence electrons. The highest BCUT2D eigenvalue weighted by atomic mass is 35.5. The average molecular weight is 387 g/mol. The molecule has 0 amide bonds. The number of nitrogens with zero attached hydrogens (tertiary/aromatic N) is 1. The highest BCUT2D eigenvalue weighted by molar-refractivity contribution is 6.31. The number of methoxy groups -OCH3 is 1. The van der Waals surface area contributed by atoms with Crippen LogP contribution in [0.2, 0.25) is 5.02 Å². The number of esters is 1. The van der Waals surface area contributed by atoms with E-state index in [2.05, 4.69) is 5.43 Å². The van der Waals surface area contributed by atoms with Crippen LogP contribution in [0.1, 0.15) is 16.7 Å². The fourth-order valence-electron chi connectivity index (χ4n) is 2.83. The van der Waals surface area contributed by atoms with Crippen LogP contribution in [-0.2, 0) is 16.0 Å². The van der Waals surface area contributed by atoms with Gasteiger partial charge in [-0.05, 0) is 60.4 Å². The number of hydrogen-bond acceptors (Lipinski definition) is 4. The topological polar surface area (TPSA) is 41.6 Å². The summed E-state index contributed by atoms with van der Waals surface area (Å²) in [6.07, 6.45) is 4.08. The van der Waals surface area contributed by atoms with Gasteiger partial charge in [0.25, 0.3) is 0 Å². The van der Waals surface area contributed by atoms with Gasteiger partial charge in [-0.25, -0.2) is 9.18 Å². The van der Waals surface area contributed by atoms with Gasteiger partial charge in [0.2, 0.25) is 0 Å². The second kappa shape index (κ2) is 8.27. The molecule has 3 rings (SSSR count). The number of halogens is 2. The second-order valence-electron chi connectivity index (χ2n) is 6.24. The quantitative estimate of drug-likeness (QED) is 0.780. The van der Waals surface area contributed by atoms with E-state index in [-0.39, 0.29) is 5.82 Å². The molecule has 2 aromatic carbocycles. The maximum Gasteiger partial charge on any atom is 0.339 e. The number of nitrogens with one attached hydrogen (secondary N) is 1. The van der Waals surface area contributed by atoms with Crippen LogP contribution in [0.5, 0.6) is 0 Å². The first kappa shape index (κ1) is 19.0. The Balaban J connectivity index is 1.84. The minimum atomic E-state index is -0.435. The van der Waals surface area contributed by atoms with E-state index >= 15 is 0 Å². The SMILES string of the molecule is COC(=O)C1=CN(CCc2ccccc2Cl)NC(c2ccc(F)c(C)c2)=C1. The predicted molar refractivity (Wildman–Crippen MR) is 104 cm³/mol. The Kier molecular flexibility index (Phi) is 5.81. The van der Waals surface area contributed by atoms with Gasteiger partial charge >= 0.3 is 5.97 Å². The lowest BCUT2D eigenvalue weighted by atomic mass is 10.1. The largest absolute Gasteiger partial charge is 0.465 e. The van der Waals surface area contributed by atoms with Gasteiger partial charge in [-0.1, -0.05) is 29.8 Å². The number of aryl methyl sites for hydroxylation is 1. The first-order chi connectivity index (χ1) is 13.0. The molecule has 0 saturated carbocycles. The van der Waals surface area contributed by atoms with Crippen molar-refractivity contribution in [1.82, 2.24) is 10.4 Å². The van der Waals surface area contributed by atoms with Gasteiger partial charge in [0.15, 0.2) is 0 Å². The summed E-state index contributed by atoms with van der Waals surface area (Å²) in [6.45, 7) is 2.29. The first-order valence-electron chi connectivity index (χ1n) is 8.53. The van der Waals surface area contributed by atoms with E-state index < -0.39 is 5.97 Å². The molecule has 0 atom stereocenters. The van der Waals surface area contributed by atoms with Gasteiger partial charge in [-0.2, -0.15) is 0 Å². The maximum absolute atomic E-state index is 13.6. The van der Waals surface area contributed by atoms with Gasteiger partial charge in [-0.3, -0.25) is 10.4 Å². The van der Waals surface area contributed by atoms with E-state index in [1.54, 1.807) is 31.3 Å². The third-order valence-corrected chi connectivity index (χ3v) is 4.70. The normalized spacial score (nSPS) is 13.6. The van der Waals surface area contributed by atoms with Crippen LogP contribution in [0.25, 0.3) is 5.70 Å². The molecule has 0 fully saturated rings. The average Bonchev–Trinajstić information content (AvgIpc) is 2.68. The van der Waals surface area contributed by atoms with Crippen LogP contribution in [-0.4, -0.2) is 24.6 Å². The van der Waals surface area contributed by atoms with Gasteiger partial charge in [0.1, 0.15) is 5.82 Å². The molecule has 0 aromatic heterocycles. The van der Waals surface area contributed by atoms with E-state index in [9.17, 15) is 9.18 Å². The Morgan fingerprint density at radius 3 is 2.74 bits per heavy atom. The summed E-state index contributed by atoms with van der Waals surface area (Å²) in [5.41, 5.74) is 6.70. The summed E-state index contributed by atoms with van der Waals surface area (Å²) in [5, 5.41) is 2.51. The van der Waals surface area contributed by atoms with Gasteiger partial charge in [-0.15, -0.1) is 0 Å². The smallest absolute Gasteiger partial charge is 0.339 e. The molecular weight excluding hydrogens is 367 g/mol. The van der Waals surface area contributed by atoms with Crippen molar-refractivity contribution in [2.75, 3.05) is 13.7 Å². The monoisotopic (exact) mass is 386 g/mol. The predicted octanol–water partition coefficient (Wildman–Crippen LogP) is 4.25. The Morgan fingerprint density at radius 1 is 1.26 bits per heavy atom. The number of rotatable bonds is 5. The summed E-state index contributed by atoms with van der Waals surface area (Å²) in [5.74, 6) is -0.704. The van der Waals surface area contributed by atoms with Crippen molar-refractivity contribution in [2.45, 2.75) is 13.3 Å². The molecule has 6 heteroatoms. The van der Waals surface area contributed by atoms with Crippen molar-refractivity contribution in [3.05, 3.63) is 87.8 Å². The van der Waals surface area contributed by atoms with Gasteiger partial charge in [0, 0.05) is 17.8 Å². The van der Waals surface area contributed by atoms with E-state index in [1.165, 1.54) is 13.2 Å². The summed E-state index contributed by atoms with van der Waals surface area (Å²) in [6, 6.07) is 12.5. The molecule has 0 aliphatic carbocycles. The van der Waals surface area contributed by atoms with Crippen molar-refractivity contribution in [1.29, 1.82) is 0 Å². The number of hydrazine groups is 1. The molecule has 0 radical (unpaired) electrons. The first-order valence-corrected chi connectivity index (χ1v) is 8.91. The highest BCUT2D eigenvalue weighted by Gasteiger charge is 2.18. The molecule has 27 heavy (non-hydrogen) atoms. The van der Waals surface area contributed by atoms with Crippen molar-refractivity contribution < 1.29 is 13.9 Å². The Labute approximate surface area is 162 Å². The lowest BCUT2D eigenvalue weighted by Gasteiger charge is -2.29. The molecule has 2 aromatic rings. The van der Waals surface area contributed by atoms with Crippen molar-refractivity contribution >= 4 is 23.3 Å². The fraction of sp³-hybridized carbons (Fsp3) is 0.190. The number of carbonyl (C=O) groups is 1. The zero-order valence-electron chi connectivity index (χ0n) is 15.1. The van der Waals surface area contributed by atoms with Crippen LogP contribution in [0, 0.1) is 12.7 Å². The zero-order chi connectivity index (χ0) is 19.4. The van der Waals surface area contributed by atoms with Gasteiger partial charge < -0.3 is 4.74 Å². The fourth-order valence-corrected chi connectivity index (χ4v) is 3.06. The number of benzene rings is 2. The van der Waals surface area contributed by atoms with Gasteiger partial charge in [0.05, 0.1) is 18.4 Å². The molecule has 4 nitrogen and oxygen atoms in total. The van der Waals surface area contributed by atoms with Crippen molar-refractivity contribution in [3.8, 4) is 0 Å². The molecule has 0 saturated heterocycles. The van der Waals surface area contributed by atoms with Crippen molar-refractivity contribution in [3.63, 3.8) is 0 Å². The molecular formula is C21H20ClFN2O2. The van der Waals surface area contributed by atoms with Crippen LogP contribution in [0.4, 0.5) is 4.39 Å². The third-order valence-electron chi connectivity index (χ3n) is 4.33. The Bertz CT molecular complexity index is 924. The molecule has 0 spiro atoms. The molecule has 1 aliphatic heterocycles. The minimum absolute atomic E-state index is 0.269. The summed E-state index contributed by atoms with van der Waals surface area (Å²) in [7, 11) is 1.34. The molecule has 0 unspecified atom stereocenters. The standard InChI is InChI=1S/C21H20ClFN2O2/c1-14-11-16(7-8-19(14)23)20-12-17(21(26)27-2)13-25(24-20)10-9-15-5-3-4-6-18(15)22/h3-8,11-13,24H,9-10H2,1-2H3. The van der Waals surface area contributed by atoms with E-state index in [4.69, 9.17) is 16.3 Å². The lowest BCUT2D eigenvalue weighted by Crippen LogP contribution is -2.37. The van der Waals surface area contributed by atoms with Crippen LogP contribution >= 0.6 is 11.6 Å². The van der Waals surface area contributed by atoms with Crippen molar-refractivity contribution in [2.24, 2.45) is 0 Å². The Morgan fingerprint density at radius 2 is 2.04 bits per heavy atom. The Hall–Kier alpha value is -2.79. The summed E-state index contributed by atoms with van der Waals surface area (Å²) >= 11 is 6.22.